The maximum Gasteiger partial charge on any atom is 0.0507 e. The van der Waals surface area contributed by atoms with Crippen LogP contribution in [0.15, 0.2) is 0 Å². The maximum atomic E-state index is 5.38. The molecule has 0 saturated carbocycles. The molecule has 2 saturated heterocycles. The molecule has 3 heteroatoms. The Balaban J connectivity index is 1.48. The van der Waals surface area contributed by atoms with Gasteiger partial charge < -0.3 is 15.0 Å². The third-order valence-electron chi connectivity index (χ3n) is 4.35. The lowest BCUT2D eigenvalue weighted by Crippen LogP contribution is -2.39. The van der Waals surface area contributed by atoms with Gasteiger partial charge in [-0.15, -0.1) is 0 Å². The van der Waals surface area contributed by atoms with Crippen LogP contribution in [0.1, 0.15) is 32.6 Å². The topological polar surface area (TPSA) is 24.5 Å². The van der Waals surface area contributed by atoms with E-state index in [0.717, 1.165) is 38.1 Å². The molecular formula is C14H28N2O. The lowest BCUT2D eigenvalue weighted by molar-refractivity contribution is 0.177. The van der Waals surface area contributed by atoms with Gasteiger partial charge in [-0.25, -0.2) is 0 Å². The summed E-state index contributed by atoms with van der Waals surface area (Å²) < 4.78 is 5.38. The normalized spacial score (nSPS) is 27.7. The van der Waals surface area contributed by atoms with Crippen molar-refractivity contribution in [3.8, 4) is 0 Å². The minimum atomic E-state index is 0.765. The third kappa shape index (κ3) is 4.57. The molecule has 0 aliphatic carbocycles. The maximum absolute atomic E-state index is 5.38. The summed E-state index contributed by atoms with van der Waals surface area (Å²) in [6, 6.07) is 0. The molecule has 2 heterocycles. The van der Waals surface area contributed by atoms with Crippen molar-refractivity contribution in [1.29, 1.82) is 0 Å². The van der Waals surface area contributed by atoms with Crippen molar-refractivity contribution in [2.45, 2.75) is 32.6 Å². The average molecular weight is 240 g/mol. The van der Waals surface area contributed by atoms with Crippen LogP contribution in [0.3, 0.4) is 0 Å². The van der Waals surface area contributed by atoms with Crippen molar-refractivity contribution < 1.29 is 4.74 Å². The van der Waals surface area contributed by atoms with Crippen molar-refractivity contribution >= 4 is 0 Å². The Morgan fingerprint density at radius 1 is 1.18 bits per heavy atom. The Hall–Kier alpha value is -0.120. The first-order valence-corrected chi connectivity index (χ1v) is 7.39. The summed E-state index contributed by atoms with van der Waals surface area (Å²) >= 11 is 0. The van der Waals surface area contributed by atoms with Crippen LogP contribution >= 0.6 is 0 Å². The minimum Gasteiger partial charge on any atom is -0.381 e. The van der Waals surface area contributed by atoms with Crippen LogP contribution in [0.2, 0.25) is 0 Å². The molecule has 100 valence electrons. The molecule has 0 aromatic rings. The average Bonchev–Trinajstić information content (AvgIpc) is 2.88. The number of piperidine rings is 1. The van der Waals surface area contributed by atoms with Gasteiger partial charge in [-0.3, -0.25) is 0 Å². The second kappa shape index (κ2) is 7.34. The minimum absolute atomic E-state index is 0.765. The Morgan fingerprint density at radius 2 is 2.00 bits per heavy atom. The number of ether oxygens (including phenoxy) is 1. The van der Waals surface area contributed by atoms with E-state index in [2.05, 4.69) is 17.1 Å². The number of hydrogen-bond acceptors (Lipinski definition) is 3. The van der Waals surface area contributed by atoms with Crippen LogP contribution in [0, 0.1) is 11.8 Å². The van der Waals surface area contributed by atoms with E-state index in [-0.39, 0.29) is 0 Å². The Labute approximate surface area is 106 Å². The molecule has 1 atom stereocenters. The van der Waals surface area contributed by atoms with Crippen LogP contribution in [-0.4, -0.2) is 50.8 Å². The quantitative estimate of drug-likeness (QED) is 0.716. The fourth-order valence-electron chi connectivity index (χ4n) is 2.91. The molecule has 2 fully saturated rings. The number of likely N-dealkylation sites (tertiary alicyclic amines) is 1. The van der Waals surface area contributed by atoms with Gasteiger partial charge in [0.25, 0.3) is 0 Å². The van der Waals surface area contributed by atoms with Gasteiger partial charge in [0.2, 0.25) is 0 Å². The van der Waals surface area contributed by atoms with Crippen molar-refractivity contribution in [1.82, 2.24) is 10.2 Å². The first-order chi connectivity index (χ1) is 8.38. The second-order valence-corrected chi connectivity index (χ2v) is 5.63. The van der Waals surface area contributed by atoms with Gasteiger partial charge in [0, 0.05) is 26.2 Å². The van der Waals surface area contributed by atoms with E-state index in [4.69, 9.17) is 4.74 Å². The van der Waals surface area contributed by atoms with E-state index in [9.17, 15) is 0 Å². The van der Waals surface area contributed by atoms with Crippen molar-refractivity contribution in [2.24, 2.45) is 11.8 Å². The highest BCUT2D eigenvalue weighted by atomic mass is 16.5. The highest BCUT2D eigenvalue weighted by Gasteiger charge is 2.18. The molecule has 17 heavy (non-hydrogen) atoms. The predicted octanol–water partition coefficient (Wildman–Crippen LogP) is 1.73. The molecule has 0 aromatic heterocycles. The molecule has 1 unspecified atom stereocenters. The highest BCUT2D eigenvalue weighted by molar-refractivity contribution is 4.72. The smallest absolute Gasteiger partial charge is 0.0507 e. The fourth-order valence-corrected chi connectivity index (χ4v) is 2.91. The van der Waals surface area contributed by atoms with Gasteiger partial charge in [-0.1, -0.05) is 13.3 Å². The summed E-state index contributed by atoms with van der Waals surface area (Å²) in [4.78, 5) is 2.62. The zero-order valence-corrected chi connectivity index (χ0v) is 11.3. The molecule has 2 rings (SSSR count). The summed E-state index contributed by atoms with van der Waals surface area (Å²) in [7, 11) is 0. The molecule has 1 N–H and O–H groups in total. The monoisotopic (exact) mass is 240 g/mol. The lowest BCUT2D eigenvalue weighted by atomic mass is 9.94. The Bertz CT molecular complexity index is 196. The summed E-state index contributed by atoms with van der Waals surface area (Å²) in [6.45, 7) is 10.4. The molecular weight excluding hydrogens is 212 g/mol. The molecule has 2 aliphatic rings. The fraction of sp³-hybridized carbons (Fsp3) is 1.00. The van der Waals surface area contributed by atoms with Crippen LogP contribution in [0.5, 0.6) is 0 Å². The van der Waals surface area contributed by atoms with Gasteiger partial charge >= 0.3 is 0 Å². The molecule has 3 nitrogen and oxygen atoms in total. The largest absolute Gasteiger partial charge is 0.381 e. The Morgan fingerprint density at radius 3 is 2.65 bits per heavy atom. The predicted molar refractivity (Wildman–Crippen MR) is 71.3 cm³/mol. The molecule has 0 radical (unpaired) electrons. The van der Waals surface area contributed by atoms with Gasteiger partial charge in [0.05, 0.1) is 6.61 Å². The summed E-state index contributed by atoms with van der Waals surface area (Å²) in [5.74, 6) is 1.76. The van der Waals surface area contributed by atoms with Gasteiger partial charge in [-0.2, -0.15) is 0 Å². The number of hydrogen-bond donors (Lipinski definition) is 1. The summed E-state index contributed by atoms with van der Waals surface area (Å²) in [5, 5.41) is 3.58. The molecule has 0 amide bonds. The van der Waals surface area contributed by atoms with Crippen molar-refractivity contribution in [3.63, 3.8) is 0 Å². The second-order valence-electron chi connectivity index (χ2n) is 5.63. The van der Waals surface area contributed by atoms with E-state index in [0.29, 0.717) is 0 Å². The van der Waals surface area contributed by atoms with Crippen molar-refractivity contribution in [2.75, 3.05) is 45.9 Å². The Kier molecular flexibility index (Phi) is 5.75. The zero-order chi connectivity index (χ0) is 11.9. The third-order valence-corrected chi connectivity index (χ3v) is 4.35. The van der Waals surface area contributed by atoms with Crippen LogP contribution in [0.4, 0.5) is 0 Å². The van der Waals surface area contributed by atoms with E-state index in [1.807, 2.05) is 0 Å². The van der Waals surface area contributed by atoms with E-state index in [1.54, 1.807) is 0 Å². The van der Waals surface area contributed by atoms with E-state index in [1.165, 1.54) is 45.3 Å². The van der Waals surface area contributed by atoms with Gasteiger partial charge in [0.1, 0.15) is 0 Å². The van der Waals surface area contributed by atoms with Crippen LogP contribution in [0.25, 0.3) is 0 Å². The van der Waals surface area contributed by atoms with Gasteiger partial charge in [-0.05, 0) is 44.2 Å². The van der Waals surface area contributed by atoms with Crippen LogP contribution in [-0.2, 0) is 4.74 Å². The molecule has 0 spiro atoms. The highest BCUT2D eigenvalue weighted by Crippen LogP contribution is 2.19. The van der Waals surface area contributed by atoms with Crippen molar-refractivity contribution in [3.05, 3.63) is 0 Å². The van der Waals surface area contributed by atoms with E-state index < -0.39 is 0 Å². The van der Waals surface area contributed by atoms with Gasteiger partial charge in [0.15, 0.2) is 0 Å². The summed E-state index contributed by atoms with van der Waals surface area (Å²) in [6.07, 6.45) is 5.43. The standard InChI is InChI=1S/C14H28N2O/c1-2-13-3-7-16(8-4-13)9-6-15-11-14-5-10-17-12-14/h13-15H,2-12H2,1H3. The molecule has 0 bridgehead atoms. The first kappa shape index (κ1) is 13.3. The van der Waals surface area contributed by atoms with E-state index >= 15 is 0 Å². The van der Waals surface area contributed by atoms with Crippen LogP contribution < -0.4 is 5.32 Å². The number of nitrogens with zero attached hydrogens (tertiary/aromatic N) is 1. The first-order valence-electron chi connectivity index (χ1n) is 7.39. The SMILES string of the molecule is CCC1CCN(CCNCC2CCOC2)CC1. The molecule has 2 aliphatic heterocycles. The lowest BCUT2D eigenvalue weighted by Gasteiger charge is -2.31. The number of nitrogens with one attached hydrogen (secondary N) is 1. The summed E-state index contributed by atoms with van der Waals surface area (Å²) in [5.41, 5.74) is 0. The number of rotatable bonds is 6. The zero-order valence-electron chi connectivity index (χ0n) is 11.3. The molecule has 0 aromatic carbocycles.